The molecule has 3 N–H and O–H groups in total. The predicted molar refractivity (Wildman–Crippen MR) is 116 cm³/mol. The Morgan fingerprint density at radius 3 is 2.35 bits per heavy atom. The van der Waals surface area contributed by atoms with Crippen molar-refractivity contribution >= 4 is 17.6 Å². The Morgan fingerprint density at radius 2 is 1.74 bits per heavy atom. The van der Waals surface area contributed by atoms with E-state index in [1.54, 1.807) is 18.2 Å². The number of ketones is 1. The predicted octanol–water partition coefficient (Wildman–Crippen LogP) is 2.82. The van der Waals surface area contributed by atoms with Crippen molar-refractivity contribution in [1.82, 2.24) is 20.3 Å². The fourth-order valence-corrected chi connectivity index (χ4v) is 3.10. The van der Waals surface area contributed by atoms with Gasteiger partial charge in [0.15, 0.2) is 11.5 Å². The van der Waals surface area contributed by atoms with Crippen LogP contribution in [0.5, 0.6) is 0 Å². The monoisotopic (exact) mass is 419 g/mol. The molecule has 2 amide bonds. The molecule has 1 aromatic heterocycles. The highest BCUT2D eigenvalue weighted by Gasteiger charge is 2.14. The molecule has 0 fully saturated rings. The molecule has 0 bridgehead atoms. The average Bonchev–Trinajstić information content (AvgIpc) is 3.25. The molecule has 0 aliphatic rings. The summed E-state index contributed by atoms with van der Waals surface area (Å²) in [6, 6.07) is 12.7. The van der Waals surface area contributed by atoms with E-state index in [4.69, 9.17) is 5.73 Å². The van der Waals surface area contributed by atoms with Gasteiger partial charge in [0.2, 0.25) is 5.91 Å². The molecular weight excluding hydrogens is 394 g/mol. The number of aromatic nitrogens is 3. The van der Waals surface area contributed by atoms with Crippen LogP contribution in [0.1, 0.15) is 63.3 Å². The highest BCUT2D eigenvalue weighted by Crippen LogP contribution is 2.17. The number of carbonyl (C=O) groups excluding carboxylic acids is 3. The number of nitrogens with one attached hydrogen (secondary N) is 1. The van der Waals surface area contributed by atoms with E-state index >= 15 is 0 Å². The molecule has 2 aromatic carbocycles. The molecule has 0 radical (unpaired) electrons. The maximum atomic E-state index is 12.4. The fourth-order valence-electron chi connectivity index (χ4n) is 3.10. The first-order valence-corrected chi connectivity index (χ1v) is 9.97. The summed E-state index contributed by atoms with van der Waals surface area (Å²) < 4.78 is 1.45. The third-order valence-electron chi connectivity index (χ3n) is 5.19. The van der Waals surface area contributed by atoms with Crippen LogP contribution in [-0.4, -0.2) is 32.6 Å². The van der Waals surface area contributed by atoms with Gasteiger partial charge >= 0.3 is 0 Å². The van der Waals surface area contributed by atoms with Crippen molar-refractivity contribution in [3.05, 3.63) is 76.6 Å². The number of nitrogens with two attached hydrogens (primary N) is 1. The first-order valence-electron chi connectivity index (χ1n) is 9.97. The maximum absolute atomic E-state index is 12.4. The van der Waals surface area contributed by atoms with Crippen LogP contribution in [0.15, 0.2) is 48.7 Å². The van der Waals surface area contributed by atoms with Crippen LogP contribution in [0.25, 0.3) is 5.69 Å². The van der Waals surface area contributed by atoms with Gasteiger partial charge in [-0.15, -0.1) is 5.10 Å². The standard InChI is InChI=1S/C23H25N5O3/c1-14-4-5-18(12-15(14)2)21(29)10-11-22(30)25-16(3)17-6-8-19(9-7-17)28-13-20(23(24)31)26-27-28/h4-9,12-13,16H,10-11H2,1-3H3,(H2,24,31)(H,25,30). The smallest absolute Gasteiger partial charge is 0.270 e. The van der Waals surface area contributed by atoms with Crippen molar-refractivity contribution in [3.63, 3.8) is 0 Å². The molecule has 1 heterocycles. The first kappa shape index (κ1) is 21.9. The molecule has 3 rings (SSSR count). The largest absolute Gasteiger partial charge is 0.364 e. The fraction of sp³-hybridized carbons (Fsp3) is 0.261. The number of rotatable bonds is 8. The zero-order valence-corrected chi connectivity index (χ0v) is 17.8. The summed E-state index contributed by atoms with van der Waals surface area (Å²) in [5.74, 6) is -0.871. The molecule has 160 valence electrons. The third-order valence-corrected chi connectivity index (χ3v) is 5.19. The minimum Gasteiger partial charge on any atom is -0.364 e. The van der Waals surface area contributed by atoms with E-state index in [0.717, 1.165) is 16.7 Å². The second-order valence-corrected chi connectivity index (χ2v) is 7.52. The molecular formula is C23H25N5O3. The molecule has 1 unspecified atom stereocenters. The molecule has 1 atom stereocenters. The van der Waals surface area contributed by atoms with Crippen LogP contribution in [0.2, 0.25) is 0 Å². The summed E-state index contributed by atoms with van der Waals surface area (Å²) in [5.41, 5.74) is 9.70. The van der Waals surface area contributed by atoms with E-state index < -0.39 is 5.91 Å². The van der Waals surface area contributed by atoms with E-state index in [0.29, 0.717) is 11.3 Å². The molecule has 31 heavy (non-hydrogen) atoms. The number of hydrogen-bond donors (Lipinski definition) is 2. The number of nitrogens with zero attached hydrogens (tertiary/aromatic N) is 3. The van der Waals surface area contributed by atoms with Crippen molar-refractivity contribution < 1.29 is 14.4 Å². The number of aryl methyl sites for hydroxylation is 2. The first-order chi connectivity index (χ1) is 14.7. The summed E-state index contributed by atoms with van der Waals surface area (Å²) in [7, 11) is 0. The summed E-state index contributed by atoms with van der Waals surface area (Å²) in [6.45, 7) is 5.83. The molecule has 3 aromatic rings. The Morgan fingerprint density at radius 1 is 1.03 bits per heavy atom. The summed E-state index contributed by atoms with van der Waals surface area (Å²) in [5, 5.41) is 10.5. The van der Waals surface area contributed by atoms with Gasteiger partial charge in [0.1, 0.15) is 0 Å². The number of Topliss-reactive ketones (excluding diaryl/α,β-unsaturated/α-hetero) is 1. The number of amides is 2. The molecule has 8 heteroatoms. The van der Waals surface area contributed by atoms with Crippen molar-refractivity contribution in [2.24, 2.45) is 5.73 Å². The lowest BCUT2D eigenvalue weighted by Crippen LogP contribution is -2.27. The zero-order valence-electron chi connectivity index (χ0n) is 17.8. The van der Waals surface area contributed by atoms with Gasteiger partial charge in [0.25, 0.3) is 5.91 Å². The Hall–Kier alpha value is -3.81. The summed E-state index contributed by atoms with van der Waals surface area (Å²) >= 11 is 0. The molecule has 0 spiro atoms. The van der Waals surface area contributed by atoms with E-state index in [1.807, 2.05) is 45.0 Å². The summed E-state index contributed by atoms with van der Waals surface area (Å²) in [6.07, 6.45) is 1.74. The van der Waals surface area contributed by atoms with Crippen LogP contribution in [0.3, 0.4) is 0 Å². The number of carbonyl (C=O) groups is 3. The van der Waals surface area contributed by atoms with Gasteiger partial charge < -0.3 is 11.1 Å². The second kappa shape index (κ2) is 9.34. The van der Waals surface area contributed by atoms with Crippen LogP contribution >= 0.6 is 0 Å². The van der Waals surface area contributed by atoms with Gasteiger partial charge in [-0.05, 0) is 55.7 Å². The van der Waals surface area contributed by atoms with Gasteiger partial charge in [-0.2, -0.15) is 0 Å². The second-order valence-electron chi connectivity index (χ2n) is 7.52. The van der Waals surface area contributed by atoms with Crippen molar-refractivity contribution in [3.8, 4) is 5.69 Å². The lowest BCUT2D eigenvalue weighted by atomic mass is 10.0. The van der Waals surface area contributed by atoms with Gasteiger partial charge in [0, 0.05) is 18.4 Å². The third kappa shape index (κ3) is 5.42. The summed E-state index contributed by atoms with van der Waals surface area (Å²) in [4.78, 5) is 35.8. The number of benzene rings is 2. The Balaban J connectivity index is 1.54. The lowest BCUT2D eigenvalue weighted by molar-refractivity contribution is -0.121. The lowest BCUT2D eigenvalue weighted by Gasteiger charge is -2.15. The van der Waals surface area contributed by atoms with Gasteiger partial charge in [-0.3, -0.25) is 14.4 Å². The molecule has 0 saturated carbocycles. The van der Waals surface area contributed by atoms with Crippen LogP contribution in [-0.2, 0) is 4.79 Å². The van der Waals surface area contributed by atoms with Crippen molar-refractivity contribution in [2.75, 3.05) is 0 Å². The quantitative estimate of drug-likeness (QED) is 0.544. The van der Waals surface area contributed by atoms with Gasteiger partial charge in [-0.1, -0.05) is 29.5 Å². The topological polar surface area (TPSA) is 120 Å². The maximum Gasteiger partial charge on any atom is 0.270 e. The highest BCUT2D eigenvalue weighted by molar-refractivity contribution is 5.98. The highest BCUT2D eigenvalue weighted by atomic mass is 16.2. The van der Waals surface area contributed by atoms with Crippen molar-refractivity contribution in [2.45, 2.75) is 39.7 Å². The normalized spacial score (nSPS) is 11.7. The van der Waals surface area contributed by atoms with E-state index in [9.17, 15) is 14.4 Å². The Labute approximate surface area is 180 Å². The number of hydrogen-bond acceptors (Lipinski definition) is 5. The van der Waals surface area contributed by atoms with Crippen LogP contribution < -0.4 is 11.1 Å². The van der Waals surface area contributed by atoms with E-state index in [1.165, 1.54) is 10.9 Å². The molecule has 0 aliphatic carbocycles. The van der Waals surface area contributed by atoms with E-state index in [-0.39, 0.29) is 36.3 Å². The zero-order chi connectivity index (χ0) is 22.5. The molecule has 0 aliphatic heterocycles. The average molecular weight is 419 g/mol. The van der Waals surface area contributed by atoms with Gasteiger partial charge in [0.05, 0.1) is 17.9 Å². The minimum absolute atomic E-state index is 0.0431. The molecule has 0 saturated heterocycles. The van der Waals surface area contributed by atoms with Crippen LogP contribution in [0, 0.1) is 13.8 Å². The Kier molecular flexibility index (Phi) is 6.59. The minimum atomic E-state index is -0.643. The van der Waals surface area contributed by atoms with Crippen molar-refractivity contribution in [1.29, 1.82) is 0 Å². The van der Waals surface area contributed by atoms with E-state index in [2.05, 4.69) is 15.6 Å². The number of primary amides is 1. The van der Waals surface area contributed by atoms with Crippen LogP contribution in [0.4, 0.5) is 0 Å². The SMILES string of the molecule is Cc1ccc(C(=O)CCC(=O)NC(C)c2ccc(-n3cc(C(N)=O)nn3)cc2)cc1C. The van der Waals surface area contributed by atoms with Gasteiger partial charge in [-0.25, -0.2) is 4.68 Å². The Bertz CT molecular complexity index is 1120. The molecule has 8 nitrogen and oxygen atoms in total.